The molecule has 10 heteroatoms. The highest BCUT2D eigenvalue weighted by Gasteiger charge is 2.37. The average molecular weight is 484 g/mol. The molecule has 1 aliphatic rings. The van der Waals surface area contributed by atoms with Gasteiger partial charge in [0, 0.05) is 24.7 Å². The predicted molar refractivity (Wildman–Crippen MR) is 126 cm³/mol. The number of esters is 1. The number of methoxy groups -OCH3 is 1. The van der Waals surface area contributed by atoms with Crippen LogP contribution >= 0.6 is 11.6 Å². The van der Waals surface area contributed by atoms with Crippen molar-refractivity contribution in [3.8, 4) is 0 Å². The summed E-state index contributed by atoms with van der Waals surface area (Å²) in [5.74, 6) is 0.152. The highest BCUT2D eigenvalue weighted by molar-refractivity contribution is 6.30. The van der Waals surface area contributed by atoms with Crippen molar-refractivity contribution in [2.45, 2.75) is 24.9 Å². The summed E-state index contributed by atoms with van der Waals surface area (Å²) < 4.78 is 11.7. The Bertz CT molecular complexity index is 1140. The second kappa shape index (κ2) is 11.1. The number of rotatable bonds is 9. The van der Waals surface area contributed by atoms with E-state index < -0.39 is 5.97 Å². The zero-order chi connectivity index (χ0) is 23.9. The van der Waals surface area contributed by atoms with Crippen LogP contribution in [0.5, 0.6) is 0 Å². The molecular weight excluding hydrogens is 458 g/mol. The molecule has 178 valence electrons. The molecule has 1 aliphatic heterocycles. The van der Waals surface area contributed by atoms with Crippen molar-refractivity contribution in [3.63, 3.8) is 0 Å². The van der Waals surface area contributed by atoms with Gasteiger partial charge in [-0.15, -0.1) is 5.10 Å². The van der Waals surface area contributed by atoms with Gasteiger partial charge in [0.1, 0.15) is 5.76 Å². The third kappa shape index (κ3) is 5.92. The Kier molecular flexibility index (Phi) is 7.76. The second-order valence-electron chi connectivity index (χ2n) is 8.02. The Morgan fingerprint density at radius 2 is 2.21 bits per heavy atom. The van der Waals surface area contributed by atoms with E-state index in [1.54, 1.807) is 17.1 Å². The first-order valence-electron chi connectivity index (χ1n) is 11.0. The highest BCUT2D eigenvalue weighted by Crippen LogP contribution is 2.27. The number of amides is 1. The molecule has 2 atom stereocenters. The van der Waals surface area contributed by atoms with Crippen LogP contribution in [0.25, 0.3) is 6.08 Å². The van der Waals surface area contributed by atoms with Gasteiger partial charge in [0.2, 0.25) is 5.91 Å². The van der Waals surface area contributed by atoms with Gasteiger partial charge in [-0.05, 0) is 48.7 Å². The summed E-state index contributed by atoms with van der Waals surface area (Å²) in [4.78, 5) is 26.9. The second-order valence-corrected chi connectivity index (χ2v) is 8.46. The van der Waals surface area contributed by atoms with Gasteiger partial charge in [-0.25, -0.2) is 9.48 Å². The van der Waals surface area contributed by atoms with Crippen molar-refractivity contribution in [1.82, 2.24) is 25.2 Å². The van der Waals surface area contributed by atoms with E-state index in [9.17, 15) is 9.59 Å². The number of aromatic nitrogens is 3. The Hall–Kier alpha value is -3.43. The fraction of sp³-hybridized carbons (Fsp3) is 0.333. The lowest BCUT2D eigenvalue weighted by Crippen LogP contribution is -2.43. The fourth-order valence-corrected chi connectivity index (χ4v) is 4.24. The standard InChI is InChI=1S/C24H26ClN5O4/c1-33-24(32)21-16-30(28-27-21)19-14-22(29(15-19)11-3-7-20-8-4-12-34-20)23(31)26-10-9-17-5-2-6-18(25)13-17/h2-8,12-13,16,19,22H,9-11,14-15H2,1H3,(H,26,31)/t19-,22-/m0/s1. The van der Waals surface area contributed by atoms with Gasteiger partial charge in [-0.3, -0.25) is 9.69 Å². The van der Waals surface area contributed by atoms with E-state index in [-0.39, 0.29) is 23.7 Å². The van der Waals surface area contributed by atoms with Crippen LogP contribution in [0.2, 0.25) is 5.02 Å². The van der Waals surface area contributed by atoms with Crippen LogP contribution in [0.15, 0.2) is 59.4 Å². The van der Waals surface area contributed by atoms with Crippen LogP contribution in [0.4, 0.5) is 0 Å². The molecule has 1 N–H and O–H groups in total. The average Bonchev–Trinajstić information content (AvgIpc) is 3.59. The van der Waals surface area contributed by atoms with E-state index in [1.165, 1.54) is 7.11 Å². The van der Waals surface area contributed by atoms with Gasteiger partial charge in [-0.1, -0.05) is 35.0 Å². The van der Waals surface area contributed by atoms with Crippen LogP contribution in [0.1, 0.15) is 34.3 Å². The summed E-state index contributed by atoms with van der Waals surface area (Å²) in [6.07, 6.45) is 8.26. The minimum Gasteiger partial charge on any atom is -0.465 e. The Morgan fingerprint density at radius 1 is 1.32 bits per heavy atom. The van der Waals surface area contributed by atoms with E-state index in [2.05, 4.69) is 20.5 Å². The molecular formula is C24H26ClN5O4. The maximum Gasteiger partial charge on any atom is 0.360 e. The molecule has 3 heterocycles. The summed E-state index contributed by atoms with van der Waals surface area (Å²) >= 11 is 6.05. The van der Waals surface area contributed by atoms with Crippen LogP contribution in [-0.4, -0.2) is 64.6 Å². The summed E-state index contributed by atoms with van der Waals surface area (Å²) in [5, 5.41) is 11.7. The lowest BCUT2D eigenvalue weighted by atomic mass is 10.1. The Labute approximate surface area is 202 Å². The number of halogens is 1. The van der Waals surface area contributed by atoms with Crippen molar-refractivity contribution in [2.24, 2.45) is 0 Å². The predicted octanol–water partition coefficient (Wildman–Crippen LogP) is 3.00. The van der Waals surface area contributed by atoms with E-state index >= 15 is 0 Å². The number of nitrogens with one attached hydrogen (secondary N) is 1. The van der Waals surface area contributed by atoms with Crippen molar-refractivity contribution < 1.29 is 18.7 Å². The molecule has 0 spiro atoms. The van der Waals surface area contributed by atoms with Gasteiger partial charge < -0.3 is 14.5 Å². The highest BCUT2D eigenvalue weighted by atomic mass is 35.5. The monoisotopic (exact) mass is 483 g/mol. The van der Waals surface area contributed by atoms with Gasteiger partial charge >= 0.3 is 5.97 Å². The van der Waals surface area contributed by atoms with Crippen LogP contribution in [-0.2, 0) is 16.0 Å². The molecule has 9 nitrogen and oxygen atoms in total. The number of likely N-dealkylation sites (tertiary alicyclic amines) is 1. The molecule has 3 aromatic rings. The number of carbonyl (C=O) groups is 2. The first-order valence-corrected chi connectivity index (χ1v) is 11.4. The SMILES string of the molecule is COC(=O)c1cn([C@H]2C[C@@H](C(=O)NCCc3cccc(Cl)c3)N(CC=Cc3ccco3)C2)nn1. The van der Waals surface area contributed by atoms with Gasteiger partial charge in [0.15, 0.2) is 5.69 Å². The van der Waals surface area contributed by atoms with Gasteiger partial charge in [-0.2, -0.15) is 0 Å². The zero-order valence-electron chi connectivity index (χ0n) is 18.8. The fourth-order valence-electron chi connectivity index (χ4n) is 4.03. The number of carbonyl (C=O) groups excluding carboxylic acids is 2. The summed E-state index contributed by atoms with van der Waals surface area (Å²) in [6, 6.07) is 10.8. The number of hydrogen-bond acceptors (Lipinski definition) is 7. The first-order chi connectivity index (χ1) is 16.5. The van der Waals surface area contributed by atoms with Crippen LogP contribution < -0.4 is 5.32 Å². The Morgan fingerprint density at radius 3 is 2.97 bits per heavy atom. The van der Waals surface area contributed by atoms with Crippen molar-refractivity contribution in [3.05, 3.63) is 77.0 Å². The lowest BCUT2D eigenvalue weighted by molar-refractivity contribution is -0.125. The molecule has 0 saturated carbocycles. The van der Waals surface area contributed by atoms with Crippen molar-refractivity contribution in [2.75, 3.05) is 26.7 Å². The third-order valence-corrected chi connectivity index (χ3v) is 5.97. The minimum atomic E-state index is -0.544. The molecule has 0 radical (unpaired) electrons. The van der Waals surface area contributed by atoms with Crippen molar-refractivity contribution >= 4 is 29.6 Å². The third-order valence-electron chi connectivity index (χ3n) is 5.73. The van der Waals surface area contributed by atoms with Crippen LogP contribution in [0.3, 0.4) is 0 Å². The number of ether oxygens (including phenoxy) is 1. The summed E-state index contributed by atoms with van der Waals surface area (Å²) in [5.41, 5.74) is 1.20. The molecule has 1 fully saturated rings. The van der Waals surface area contributed by atoms with E-state index in [0.29, 0.717) is 37.5 Å². The number of hydrogen-bond donors (Lipinski definition) is 1. The smallest absolute Gasteiger partial charge is 0.360 e. The molecule has 4 rings (SSSR count). The maximum atomic E-state index is 13.1. The van der Waals surface area contributed by atoms with E-state index in [4.69, 9.17) is 20.8 Å². The quantitative estimate of drug-likeness (QED) is 0.467. The molecule has 34 heavy (non-hydrogen) atoms. The normalized spacial score (nSPS) is 18.4. The number of furan rings is 1. The minimum absolute atomic E-state index is 0.0516. The molecule has 1 aromatic carbocycles. The van der Waals surface area contributed by atoms with E-state index in [1.807, 2.05) is 48.6 Å². The van der Waals surface area contributed by atoms with Crippen LogP contribution in [0, 0.1) is 0 Å². The Balaban J connectivity index is 1.41. The molecule has 1 amide bonds. The van der Waals surface area contributed by atoms with Gasteiger partial charge in [0.05, 0.1) is 31.7 Å². The topological polar surface area (TPSA) is 102 Å². The zero-order valence-corrected chi connectivity index (χ0v) is 19.5. The molecule has 1 saturated heterocycles. The van der Waals surface area contributed by atoms with E-state index in [0.717, 1.165) is 11.3 Å². The number of benzene rings is 1. The maximum absolute atomic E-state index is 13.1. The van der Waals surface area contributed by atoms with Crippen molar-refractivity contribution in [1.29, 1.82) is 0 Å². The first kappa shape index (κ1) is 23.7. The summed E-state index contributed by atoms with van der Waals surface area (Å²) in [7, 11) is 1.30. The molecule has 2 aromatic heterocycles. The molecule has 0 aliphatic carbocycles. The number of nitrogens with zero attached hydrogens (tertiary/aromatic N) is 4. The molecule has 0 unspecified atom stereocenters. The summed E-state index contributed by atoms with van der Waals surface area (Å²) in [6.45, 7) is 1.65. The van der Waals surface area contributed by atoms with Gasteiger partial charge in [0.25, 0.3) is 0 Å². The largest absolute Gasteiger partial charge is 0.465 e. The lowest BCUT2D eigenvalue weighted by Gasteiger charge is -2.21. The molecule has 0 bridgehead atoms.